The van der Waals surface area contributed by atoms with Crippen molar-refractivity contribution in [2.75, 3.05) is 57.9 Å². The fourth-order valence-electron chi connectivity index (χ4n) is 2.40. The minimum Gasteiger partial charge on any atom is -0.380 e. The monoisotopic (exact) mass is 419 g/mol. The highest BCUT2D eigenvalue weighted by atomic mass is 127. The Morgan fingerprint density at radius 3 is 2.68 bits per heavy atom. The molecule has 22 heavy (non-hydrogen) atoms. The number of guanidine groups is 1. The van der Waals surface area contributed by atoms with Gasteiger partial charge >= 0.3 is 0 Å². The Hall–Kier alpha value is -1.09. The van der Waals surface area contributed by atoms with Crippen LogP contribution in [0.4, 0.5) is 5.82 Å². The average molecular weight is 419 g/mol. The first-order valence-corrected chi connectivity index (χ1v) is 7.54. The molecule has 0 amide bonds. The molecule has 0 saturated carbocycles. The van der Waals surface area contributed by atoms with E-state index in [0.29, 0.717) is 6.61 Å². The fraction of sp³-hybridized carbons (Fsp3) is 0.600. The number of aliphatic imine (C=N–C) groups is 1. The Bertz CT molecular complexity index is 435. The molecule has 124 valence electrons. The van der Waals surface area contributed by atoms with E-state index in [1.54, 1.807) is 0 Å². The number of nitrogens with zero attached hydrogens (tertiary/aromatic N) is 4. The van der Waals surface area contributed by atoms with Gasteiger partial charge in [-0.2, -0.15) is 0 Å². The van der Waals surface area contributed by atoms with Crippen LogP contribution in [-0.2, 0) is 4.74 Å². The smallest absolute Gasteiger partial charge is 0.193 e. The number of hydrogen-bond donors (Lipinski definition) is 1. The van der Waals surface area contributed by atoms with Crippen LogP contribution in [0, 0.1) is 0 Å². The lowest BCUT2D eigenvalue weighted by atomic mass is 10.3. The van der Waals surface area contributed by atoms with Crippen LogP contribution in [0.2, 0.25) is 0 Å². The zero-order valence-corrected chi connectivity index (χ0v) is 15.7. The summed E-state index contributed by atoms with van der Waals surface area (Å²) in [5.74, 6) is 2.01. The predicted molar refractivity (Wildman–Crippen MR) is 101 cm³/mol. The first-order valence-electron chi connectivity index (χ1n) is 7.54. The Labute approximate surface area is 150 Å². The van der Waals surface area contributed by atoms with Gasteiger partial charge in [0, 0.05) is 52.6 Å². The molecule has 0 aliphatic carbocycles. The lowest BCUT2D eigenvalue weighted by Crippen LogP contribution is -2.53. The van der Waals surface area contributed by atoms with E-state index in [-0.39, 0.29) is 24.0 Å². The molecule has 1 saturated heterocycles. The quantitative estimate of drug-likeness (QED) is 0.339. The van der Waals surface area contributed by atoms with E-state index in [4.69, 9.17) is 4.74 Å². The molecule has 0 radical (unpaired) electrons. The third-order valence-corrected chi connectivity index (χ3v) is 3.50. The highest BCUT2D eigenvalue weighted by molar-refractivity contribution is 14.0. The number of aromatic nitrogens is 1. The van der Waals surface area contributed by atoms with Crippen molar-refractivity contribution >= 4 is 35.8 Å². The third kappa shape index (κ3) is 5.60. The number of pyridine rings is 1. The number of piperazine rings is 1. The summed E-state index contributed by atoms with van der Waals surface area (Å²) in [6.45, 7) is 8.08. The molecule has 1 aliphatic rings. The second kappa shape index (κ2) is 10.6. The van der Waals surface area contributed by atoms with Gasteiger partial charge in [-0.3, -0.25) is 4.99 Å². The van der Waals surface area contributed by atoms with Crippen molar-refractivity contribution < 1.29 is 4.74 Å². The molecule has 2 rings (SSSR count). The molecule has 1 N–H and O–H groups in total. The van der Waals surface area contributed by atoms with Gasteiger partial charge in [-0.05, 0) is 19.1 Å². The van der Waals surface area contributed by atoms with Gasteiger partial charge in [-0.15, -0.1) is 24.0 Å². The Kier molecular flexibility index (Phi) is 9.14. The minimum atomic E-state index is 0. The maximum Gasteiger partial charge on any atom is 0.193 e. The molecule has 7 heteroatoms. The summed E-state index contributed by atoms with van der Waals surface area (Å²) in [5, 5.41) is 3.35. The zero-order chi connectivity index (χ0) is 14.9. The van der Waals surface area contributed by atoms with Gasteiger partial charge in [0.25, 0.3) is 0 Å². The van der Waals surface area contributed by atoms with Gasteiger partial charge in [-0.25, -0.2) is 4.98 Å². The summed E-state index contributed by atoms with van der Waals surface area (Å²) >= 11 is 0. The van der Waals surface area contributed by atoms with Gasteiger partial charge in [-0.1, -0.05) is 6.07 Å². The van der Waals surface area contributed by atoms with Crippen LogP contribution in [0.3, 0.4) is 0 Å². The summed E-state index contributed by atoms with van der Waals surface area (Å²) in [4.78, 5) is 13.3. The topological polar surface area (TPSA) is 53.0 Å². The summed E-state index contributed by atoms with van der Waals surface area (Å²) in [6, 6.07) is 6.04. The Morgan fingerprint density at radius 2 is 2.09 bits per heavy atom. The SMILES string of the molecule is CCOCCNC(=NC)N1CCN(c2ccccn2)CC1.I. The van der Waals surface area contributed by atoms with Gasteiger partial charge in [0.1, 0.15) is 5.82 Å². The van der Waals surface area contributed by atoms with Crippen LogP contribution in [-0.4, -0.2) is 68.8 Å². The summed E-state index contributed by atoms with van der Waals surface area (Å²) in [7, 11) is 1.83. The van der Waals surface area contributed by atoms with E-state index < -0.39 is 0 Å². The van der Waals surface area contributed by atoms with Crippen LogP contribution in [0.15, 0.2) is 29.4 Å². The summed E-state index contributed by atoms with van der Waals surface area (Å²) in [5.41, 5.74) is 0. The standard InChI is InChI=1S/C15H25N5O.HI/c1-3-21-13-8-18-15(16-2)20-11-9-19(10-12-20)14-6-4-5-7-17-14;/h4-7H,3,8-13H2,1-2H3,(H,16,18);1H. The van der Waals surface area contributed by atoms with Crippen molar-refractivity contribution in [3.8, 4) is 0 Å². The van der Waals surface area contributed by atoms with Crippen molar-refractivity contribution in [2.45, 2.75) is 6.92 Å². The Balaban J connectivity index is 0.00000242. The van der Waals surface area contributed by atoms with Crippen molar-refractivity contribution in [1.82, 2.24) is 15.2 Å². The van der Waals surface area contributed by atoms with Crippen molar-refractivity contribution in [1.29, 1.82) is 0 Å². The van der Waals surface area contributed by atoms with E-state index in [9.17, 15) is 0 Å². The summed E-state index contributed by atoms with van der Waals surface area (Å²) < 4.78 is 5.34. The highest BCUT2D eigenvalue weighted by Crippen LogP contribution is 2.12. The molecule has 1 fully saturated rings. The van der Waals surface area contributed by atoms with Crippen LogP contribution in [0.5, 0.6) is 0 Å². The molecule has 1 aromatic heterocycles. The van der Waals surface area contributed by atoms with Crippen molar-refractivity contribution in [3.63, 3.8) is 0 Å². The fourth-order valence-corrected chi connectivity index (χ4v) is 2.40. The summed E-state index contributed by atoms with van der Waals surface area (Å²) in [6.07, 6.45) is 1.84. The first kappa shape index (κ1) is 19.0. The number of anilines is 1. The third-order valence-electron chi connectivity index (χ3n) is 3.50. The molecule has 0 aromatic carbocycles. The van der Waals surface area contributed by atoms with Gasteiger partial charge in [0.2, 0.25) is 0 Å². The van der Waals surface area contributed by atoms with E-state index in [0.717, 1.165) is 51.1 Å². The molecule has 0 bridgehead atoms. The second-order valence-corrected chi connectivity index (χ2v) is 4.83. The number of nitrogens with one attached hydrogen (secondary N) is 1. The van der Waals surface area contributed by atoms with Gasteiger partial charge in [0.15, 0.2) is 5.96 Å². The van der Waals surface area contributed by atoms with Crippen molar-refractivity contribution in [2.24, 2.45) is 4.99 Å². The molecule has 2 heterocycles. The van der Waals surface area contributed by atoms with Crippen LogP contribution < -0.4 is 10.2 Å². The van der Waals surface area contributed by atoms with Gasteiger partial charge < -0.3 is 19.9 Å². The molecule has 0 spiro atoms. The number of rotatable bonds is 5. The van der Waals surface area contributed by atoms with E-state index in [1.807, 2.05) is 32.3 Å². The predicted octanol–water partition coefficient (Wildman–Crippen LogP) is 1.43. The molecule has 0 atom stereocenters. The maximum absolute atomic E-state index is 5.34. The largest absolute Gasteiger partial charge is 0.380 e. The normalized spacial score (nSPS) is 15.5. The zero-order valence-electron chi connectivity index (χ0n) is 13.4. The van der Waals surface area contributed by atoms with E-state index in [1.165, 1.54) is 0 Å². The average Bonchev–Trinajstić information content (AvgIpc) is 2.56. The highest BCUT2D eigenvalue weighted by Gasteiger charge is 2.19. The molecule has 1 aromatic rings. The lowest BCUT2D eigenvalue weighted by molar-refractivity contribution is 0.151. The number of ether oxygens (including phenoxy) is 1. The lowest BCUT2D eigenvalue weighted by Gasteiger charge is -2.37. The first-order chi connectivity index (χ1) is 10.3. The Morgan fingerprint density at radius 1 is 1.32 bits per heavy atom. The molecular weight excluding hydrogens is 393 g/mol. The van der Waals surface area contributed by atoms with Crippen LogP contribution in [0.1, 0.15) is 6.92 Å². The van der Waals surface area contributed by atoms with Gasteiger partial charge in [0.05, 0.1) is 6.61 Å². The second-order valence-electron chi connectivity index (χ2n) is 4.83. The van der Waals surface area contributed by atoms with E-state index in [2.05, 4.69) is 31.2 Å². The van der Waals surface area contributed by atoms with Crippen LogP contribution in [0.25, 0.3) is 0 Å². The molecule has 6 nitrogen and oxygen atoms in total. The maximum atomic E-state index is 5.34. The number of hydrogen-bond acceptors (Lipinski definition) is 4. The molecule has 0 unspecified atom stereocenters. The van der Waals surface area contributed by atoms with E-state index >= 15 is 0 Å². The number of halogens is 1. The van der Waals surface area contributed by atoms with Crippen molar-refractivity contribution in [3.05, 3.63) is 24.4 Å². The molecular formula is C15H26IN5O. The van der Waals surface area contributed by atoms with Crippen LogP contribution >= 0.6 is 24.0 Å². The molecule has 1 aliphatic heterocycles. The minimum absolute atomic E-state index is 0.